The Morgan fingerprint density at radius 2 is 2.03 bits per heavy atom. The van der Waals surface area contributed by atoms with Gasteiger partial charge in [-0.1, -0.05) is 29.8 Å². The second-order valence-electron chi connectivity index (χ2n) is 7.07. The van der Waals surface area contributed by atoms with E-state index < -0.39 is 11.9 Å². The van der Waals surface area contributed by atoms with Crippen LogP contribution in [0.2, 0.25) is 0 Å². The van der Waals surface area contributed by atoms with Crippen molar-refractivity contribution in [1.82, 2.24) is 20.3 Å². The van der Waals surface area contributed by atoms with Crippen LogP contribution >= 0.6 is 0 Å². The molecular formula is C21H25N5O3. The lowest BCUT2D eigenvalue weighted by Gasteiger charge is -2.17. The highest BCUT2D eigenvalue weighted by molar-refractivity contribution is 5.91. The second kappa shape index (κ2) is 9.79. The molecule has 2 N–H and O–H groups in total. The Kier molecular flexibility index (Phi) is 6.91. The molecule has 2 heterocycles. The van der Waals surface area contributed by atoms with Gasteiger partial charge in [-0.2, -0.15) is 5.48 Å². The third-order valence-corrected chi connectivity index (χ3v) is 4.52. The Morgan fingerprint density at radius 1 is 1.24 bits per heavy atom. The molecule has 1 aromatic heterocycles. The zero-order chi connectivity index (χ0) is 20.6. The lowest BCUT2D eigenvalue weighted by molar-refractivity contribution is -0.154. The maximum atomic E-state index is 11.5. The van der Waals surface area contributed by atoms with Crippen molar-refractivity contribution in [3.8, 4) is 0 Å². The van der Waals surface area contributed by atoms with Crippen LogP contribution in [0.5, 0.6) is 0 Å². The minimum atomic E-state index is -0.591. The third-order valence-electron chi connectivity index (χ3n) is 4.52. The average Bonchev–Trinajstić information content (AvgIpc) is 3.14. The van der Waals surface area contributed by atoms with Crippen molar-refractivity contribution in [3.63, 3.8) is 0 Å². The van der Waals surface area contributed by atoms with Gasteiger partial charge in [-0.15, -0.1) is 0 Å². The van der Waals surface area contributed by atoms with E-state index in [1.54, 1.807) is 12.4 Å². The van der Waals surface area contributed by atoms with Crippen molar-refractivity contribution in [2.75, 3.05) is 18.4 Å². The van der Waals surface area contributed by atoms with Crippen LogP contribution in [0.4, 0.5) is 5.82 Å². The van der Waals surface area contributed by atoms with Crippen molar-refractivity contribution in [2.45, 2.75) is 32.9 Å². The van der Waals surface area contributed by atoms with Crippen LogP contribution in [-0.2, 0) is 21.0 Å². The molecule has 1 atom stereocenters. The SMILES string of the molecule is CC(=O)ONC(=O)/C=C/c1cnc(N[C@@H]2CCN(Cc3ccc(C)cc3)C2)cn1. The van der Waals surface area contributed by atoms with Gasteiger partial charge in [0.1, 0.15) is 5.82 Å². The van der Waals surface area contributed by atoms with Crippen molar-refractivity contribution in [2.24, 2.45) is 0 Å². The molecule has 8 heteroatoms. The van der Waals surface area contributed by atoms with Gasteiger partial charge in [-0.25, -0.2) is 4.98 Å². The third kappa shape index (κ3) is 6.69. The summed E-state index contributed by atoms with van der Waals surface area (Å²) in [6, 6.07) is 8.98. The largest absolute Gasteiger partial charge is 0.365 e. The van der Waals surface area contributed by atoms with E-state index in [0.717, 1.165) is 26.1 Å². The summed E-state index contributed by atoms with van der Waals surface area (Å²) in [5.74, 6) is -0.441. The summed E-state index contributed by atoms with van der Waals surface area (Å²) in [5.41, 5.74) is 5.12. The predicted molar refractivity (Wildman–Crippen MR) is 109 cm³/mol. The van der Waals surface area contributed by atoms with E-state index in [1.165, 1.54) is 30.2 Å². The number of hydrogen-bond donors (Lipinski definition) is 2. The monoisotopic (exact) mass is 395 g/mol. The molecule has 0 aliphatic carbocycles. The summed E-state index contributed by atoms with van der Waals surface area (Å²) in [6.07, 6.45) is 6.99. The molecule has 0 spiro atoms. The van der Waals surface area contributed by atoms with E-state index in [0.29, 0.717) is 17.6 Å². The maximum absolute atomic E-state index is 11.5. The summed E-state index contributed by atoms with van der Waals surface area (Å²) >= 11 is 0. The van der Waals surface area contributed by atoms with E-state index in [1.807, 2.05) is 5.48 Å². The van der Waals surface area contributed by atoms with Gasteiger partial charge >= 0.3 is 5.97 Å². The van der Waals surface area contributed by atoms with Gasteiger partial charge in [0.2, 0.25) is 0 Å². The number of rotatable bonds is 6. The molecule has 0 bridgehead atoms. The lowest BCUT2D eigenvalue weighted by atomic mass is 10.1. The predicted octanol–water partition coefficient (Wildman–Crippen LogP) is 2.08. The highest BCUT2D eigenvalue weighted by atomic mass is 16.7. The van der Waals surface area contributed by atoms with E-state index in [4.69, 9.17) is 0 Å². The topological polar surface area (TPSA) is 96.4 Å². The first-order valence-electron chi connectivity index (χ1n) is 9.50. The van der Waals surface area contributed by atoms with Crippen LogP contribution in [0.25, 0.3) is 6.08 Å². The number of hydrogen-bond acceptors (Lipinski definition) is 7. The highest BCUT2D eigenvalue weighted by Gasteiger charge is 2.22. The normalized spacial score (nSPS) is 16.7. The molecule has 1 aliphatic heterocycles. The summed E-state index contributed by atoms with van der Waals surface area (Å²) in [6.45, 7) is 6.24. The number of likely N-dealkylation sites (tertiary alicyclic amines) is 1. The molecule has 0 saturated carbocycles. The summed E-state index contributed by atoms with van der Waals surface area (Å²) < 4.78 is 0. The van der Waals surface area contributed by atoms with E-state index >= 15 is 0 Å². The first kappa shape index (κ1) is 20.5. The lowest BCUT2D eigenvalue weighted by Crippen LogP contribution is -2.26. The van der Waals surface area contributed by atoms with Crippen LogP contribution in [0.1, 0.15) is 30.2 Å². The van der Waals surface area contributed by atoms with Gasteiger partial charge in [0.05, 0.1) is 18.1 Å². The summed E-state index contributed by atoms with van der Waals surface area (Å²) in [5, 5.41) is 3.41. The first-order chi connectivity index (χ1) is 14.0. The smallest absolute Gasteiger partial charge is 0.329 e. The fourth-order valence-corrected chi connectivity index (χ4v) is 3.07. The summed E-state index contributed by atoms with van der Waals surface area (Å²) in [7, 11) is 0. The van der Waals surface area contributed by atoms with Gasteiger partial charge in [0.15, 0.2) is 0 Å². The molecule has 0 unspecified atom stereocenters. The number of nitrogens with zero attached hydrogens (tertiary/aromatic N) is 3. The minimum absolute atomic E-state index is 0.325. The molecule has 1 aliphatic rings. The molecule has 8 nitrogen and oxygen atoms in total. The van der Waals surface area contributed by atoms with Crippen LogP contribution in [0.3, 0.4) is 0 Å². The van der Waals surface area contributed by atoms with Crippen molar-refractivity contribution >= 4 is 23.8 Å². The number of anilines is 1. The Balaban J connectivity index is 1.45. The molecule has 0 radical (unpaired) electrons. The van der Waals surface area contributed by atoms with Gasteiger partial charge < -0.3 is 10.2 Å². The number of carbonyl (C=O) groups excluding carboxylic acids is 2. The Bertz CT molecular complexity index is 865. The van der Waals surface area contributed by atoms with E-state index in [9.17, 15) is 9.59 Å². The van der Waals surface area contributed by atoms with Crippen LogP contribution in [0, 0.1) is 6.92 Å². The Labute approximate surface area is 169 Å². The average molecular weight is 395 g/mol. The van der Waals surface area contributed by atoms with Gasteiger partial charge in [-0.3, -0.25) is 19.5 Å². The van der Waals surface area contributed by atoms with E-state index in [2.05, 4.69) is 56.2 Å². The Hall–Kier alpha value is -3.26. The zero-order valence-electron chi connectivity index (χ0n) is 16.6. The molecule has 2 aromatic rings. The van der Waals surface area contributed by atoms with Crippen molar-refractivity contribution < 1.29 is 14.4 Å². The number of aromatic nitrogens is 2. The molecule has 1 amide bonds. The van der Waals surface area contributed by atoms with Crippen molar-refractivity contribution in [3.05, 3.63) is 59.6 Å². The molecule has 1 aromatic carbocycles. The minimum Gasteiger partial charge on any atom is -0.365 e. The molecule has 1 fully saturated rings. The number of nitrogens with one attached hydrogen (secondary N) is 2. The number of amides is 1. The molecule has 152 valence electrons. The number of hydroxylamine groups is 1. The highest BCUT2D eigenvalue weighted by Crippen LogP contribution is 2.17. The zero-order valence-corrected chi connectivity index (χ0v) is 16.6. The molecular weight excluding hydrogens is 370 g/mol. The molecule has 29 heavy (non-hydrogen) atoms. The van der Waals surface area contributed by atoms with Gasteiger partial charge in [0, 0.05) is 38.7 Å². The Morgan fingerprint density at radius 3 is 2.72 bits per heavy atom. The van der Waals surface area contributed by atoms with Crippen molar-refractivity contribution in [1.29, 1.82) is 0 Å². The second-order valence-corrected chi connectivity index (χ2v) is 7.07. The molecule has 3 rings (SSSR count). The van der Waals surface area contributed by atoms with Gasteiger partial charge in [-0.05, 0) is 25.0 Å². The van der Waals surface area contributed by atoms with Crippen LogP contribution in [0.15, 0.2) is 42.7 Å². The fourth-order valence-electron chi connectivity index (χ4n) is 3.07. The van der Waals surface area contributed by atoms with E-state index in [-0.39, 0.29) is 0 Å². The molecule has 1 saturated heterocycles. The first-order valence-corrected chi connectivity index (χ1v) is 9.50. The van der Waals surface area contributed by atoms with Gasteiger partial charge in [0.25, 0.3) is 5.91 Å². The quantitative estimate of drug-likeness (QED) is 0.571. The van der Waals surface area contributed by atoms with Crippen LogP contribution < -0.4 is 10.8 Å². The number of benzene rings is 1. The number of aryl methyl sites for hydroxylation is 1. The standard InChI is InChI=1S/C21H25N5O3/c1-15-3-5-17(6-4-15)13-26-10-9-19(14-26)24-20-12-22-18(11-23-20)7-8-21(28)25-29-16(2)27/h3-8,11-12,19H,9-10,13-14H2,1-2H3,(H,23,24)(H,25,28)/b8-7+/t19-/m1/s1. The summed E-state index contributed by atoms with van der Waals surface area (Å²) in [4.78, 5) is 37.5. The maximum Gasteiger partial charge on any atom is 0.329 e. The number of carbonyl (C=O) groups is 2. The van der Waals surface area contributed by atoms with Crippen LogP contribution in [-0.4, -0.2) is 45.9 Å². The fraction of sp³-hybridized carbons (Fsp3) is 0.333.